The molecule has 0 radical (unpaired) electrons. The predicted molar refractivity (Wildman–Crippen MR) is 116 cm³/mol. The van der Waals surface area contributed by atoms with Gasteiger partial charge in [0.15, 0.2) is 0 Å². The topological polar surface area (TPSA) is 75.7 Å². The molecule has 8 heteroatoms. The minimum Gasteiger partial charge on any atom is -0.490 e. The van der Waals surface area contributed by atoms with Gasteiger partial charge >= 0.3 is 0 Å². The monoisotopic (exact) mass is 436 g/mol. The van der Waals surface area contributed by atoms with Gasteiger partial charge < -0.3 is 10.1 Å². The zero-order valence-corrected chi connectivity index (χ0v) is 18.1. The van der Waals surface area contributed by atoms with E-state index >= 15 is 0 Å². The molecule has 0 saturated heterocycles. The highest BCUT2D eigenvalue weighted by molar-refractivity contribution is 7.92. The van der Waals surface area contributed by atoms with Crippen LogP contribution in [0.15, 0.2) is 42.5 Å². The Hall–Kier alpha value is -2.25. The van der Waals surface area contributed by atoms with Crippen LogP contribution in [-0.4, -0.2) is 33.2 Å². The molecular formula is C21H25ClN2O4S. The van der Waals surface area contributed by atoms with E-state index in [1.807, 2.05) is 12.1 Å². The molecule has 2 aromatic rings. The van der Waals surface area contributed by atoms with Crippen molar-refractivity contribution in [2.45, 2.75) is 38.7 Å². The molecule has 0 bridgehead atoms. The summed E-state index contributed by atoms with van der Waals surface area (Å²) in [5.74, 6) is 0.332. The average molecular weight is 437 g/mol. The summed E-state index contributed by atoms with van der Waals surface area (Å²) in [6.45, 7) is 1.42. The first-order valence-corrected chi connectivity index (χ1v) is 11.8. The summed E-state index contributed by atoms with van der Waals surface area (Å²) in [4.78, 5) is 12.5. The summed E-state index contributed by atoms with van der Waals surface area (Å²) in [7, 11) is -3.65. The maximum Gasteiger partial charge on any atom is 0.245 e. The first kappa shape index (κ1) is 21.5. The van der Waals surface area contributed by atoms with E-state index in [0.717, 1.165) is 29.2 Å². The molecule has 0 aliphatic heterocycles. The molecule has 2 aromatic carbocycles. The van der Waals surface area contributed by atoms with Crippen LogP contribution in [0.25, 0.3) is 0 Å². The van der Waals surface area contributed by atoms with E-state index < -0.39 is 15.9 Å². The third-order valence-electron chi connectivity index (χ3n) is 4.86. The van der Waals surface area contributed by atoms with Crippen LogP contribution in [0.4, 0.5) is 11.4 Å². The number of halogens is 1. The molecule has 0 atom stereocenters. The number of nitrogens with zero attached hydrogens (tertiary/aromatic N) is 1. The number of amides is 1. The molecule has 0 spiro atoms. The van der Waals surface area contributed by atoms with Crippen molar-refractivity contribution in [2.24, 2.45) is 0 Å². The van der Waals surface area contributed by atoms with Crippen LogP contribution in [0.5, 0.6) is 5.75 Å². The van der Waals surface area contributed by atoms with E-state index in [4.69, 9.17) is 16.3 Å². The van der Waals surface area contributed by atoms with Gasteiger partial charge in [-0.1, -0.05) is 11.6 Å². The second-order valence-corrected chi connectivity index (χ2v) is 9.64. The van der Waals surface area contributed by atoms with Gasteiger partial charge in [-0.2, -0.15) is 0 Å². The molecule has 1 fully saturated rings. The predicted octanol–water partition coefficient (Wildman–Crippen LogP) is 4.37. The molecule has 0 aromatic heterocycles. The number of hydrogen-bond donors (Lipinski definition) is 1. The van der Waals surface area contributed by atoms with Crippen molar-refractivity contribution < 1.29 is 17.9 Å². The van der Waals surface area contributed by atoms with E-state index in [2.05, 4.69) is 5.32 Å². The van der Waals surface area contributed by atoms with Crippen LogP contribution in [0, 0.1) is 6.92 Å². The van der Waals surface area contributed by atoms with Gasteiger partial charge in [0.25, 0.3) is 0 Å². The molecule has 0 heterocycles. The average Bonchev–Trinajstić information content (AvgIpc) is 3.14. The molecular weight excluding hydrogens is 412 g/mol. The van der Waals surface area contributed by atoms with E-state index in [-0.39, 0.29) is 12.6 Å². The van der Waals surface area contributed by atoms with Crippen molar-refractivity contribution in [2.75, 3.05) is 22.4 Å². The van der Waals surface area contributed by atoms with Gasteiger partial charge in [-0.15, -0.1) is 0 Å². The number of benzene rings is 2. The van der Waals surface area contributed by atoms with E-state index in [1.165, 1.54) is 12.8 Å². The lowest BCUT2D eigenvalue weighted by molar-refractivity contribution is -0.114. The van der Waals surface area contributed by atoms with Gasteiger partial charge in [-0.05, 0) is 80.6 Å². The van der Waals surface area contributed by atoms with Gasteiger partial charge in [0.1, 0.15) is 12.3 Å². The fraction of sp³-hybridized carbons (Fsp3) is 0.381. The summed E-state index contributed by atoms with van der Waals surface area (Å²) >= 11 is 5.96. The van der Waals surface area contributed by atoms with Crippen molar-refractivity contribution in [3.63, 3.8) is 0 Å². The first-order valence-electron chi connectivity index (χ1n) is 9.53. The van der Waals surface area contributed by atoms with Crippen LogP contribution < -0.4 is 14.4 Å². The fourth-order valence-corrected chi connectivity index (χ4v) is 4.57. The van der Waals surface area contributed by atoms with Gasteiger partial charge in [-0.25, -0.2) is 8.42 Å². The summed E-state index contributed by atoms with van der Waals surface area (Å²) in [6.07, 6.45) is 5.88. The summed E-state index contributed by atoms with van der Waals surface area (Å²) < 4.78 is 31.5. The number of hydrogen-bond acceptors (Lipinski definition) is 4. The number of rotatable bonds is 7. The number of carbonyl (C=O) groups is 1. The second kappa shape index (κ2) is 9.05. The van der Waals surface area contributed by atoms with Crippen LogP contribution in [0.3, 0.4) is 0 Å². The fourth-order valence-electron chi connectivity index (χ4n) is 3.43. The van der Waals surface area contributed by atoms with Gasteiger partial charge in [0.05, 0.1) is 18.0 Å². The number of carbonyl (C=O) groups excluding carboxylic acids is 1. The minimum absolute atomic E-state index is 0.265. The Labute approximate surface area is 176 Å². The molecule has 156 valence electrons. The van der Waals surface area contributed by atoms with Gasteiger partial charge in [0.2, 0.25) is 15.9 Å². The van der Waals surface area contributed by atoms with Crippen molar-refractivity contribution in [3.05, 3.63) is 53.1 Å². The van der Waals surface area contributed by atoms with E-state index in [0.29, 0.717) is 22.0 Å². The normalized spacial score (nSPS) is 14.6. The number of sulfonamides is 1. The highest BCUT2D eigenvalue weighted by Gasteiger charge is 2.22. The molecule has 1 N–H and O–H groups in total. The largest absolute Gasteiger partial charge is 0.490 e. The molecule has 1 saturated carbocycles. The maximum absolute atomic E-state index is 12.5. The third kappa shape index (κ3) is 5.87. The van der Waals surface area contributed by atoms with Crippen LogP contribution in [0.2, 0.25) is 5.02 Å². The number of nitrogens with one attached hydrogen (secondary N) is 1. The third-order valence-corrected chi connectivity index (χ3v) is 6.22. The molecule has 1 aliphatic carbocycles. The smallest absolute Gasteiger partial charge is 0.245 e. The number of anilines is 2. The molecule has 1 aliphatic rings. The zero-order valence-electron chi connectivity index (χ0n) is 16.5. The van der Waals surface area contributed by atoms with Crippen molar-refractivity contribution >= 4 is 38.9 Å². The first-order chi connectivity index (χ1) is 13.7. The molecule has 3 rings (SSSR count). The molecule has 29 heavy (non-hydrogen) atoms. The quantitative estimate of drug-likeness (QED) is 0.699. The Morgan fingerprint density at radius 3 is 2.41 bits per heavy atom. The lowest BCUT2D eigenvalue weighted by Crippen LogP contribution is -2.37. The second-order valence-electron chi connectivity index (χ2n) is 7.30. The summed E-state index contributed by atoms with van der Waals surface area (Å²) in [6, 6.07) is 12.0. The minimum atomic E-state index is -3.65. The Kier molecular flexibility index (Phi) is 6.70. The maximum atomic E-state index is 12.5. The van der Waals surface area contributed by atoms with Crippen LogP contribution in [-0.2, 0) is 14.8 Å². The lowest BCUT2D eigenvalue weighted by atomic mass is 10.2. The Bertz CT molecular complexity index is 971. The van der Waals surface area contributed by atoms with E-state index in [1.54, 1.807) is 37.3 Å². The Morgan fingerprint density at radius 2 is 1.83 bits per heavy atom. The Balaban J connectivity index is 1.67. The highest BCUT2D eigenvalue weighted by atomic mass is 35.5. The standard InChI is InChI=1S/C21H25ClN2O4S/c1-15-13-16(22)7-12-20(15)24(29(2,26)27)14-21(25)23-17-8-10-19(11-9-17)28-18-5-3-4-6-18/h7-13,18H,3-6,14H2,1-2H3,(H,23,25). The van der Waals surface area contributed by atoms with Crippen molar-refractivity contribution in [1.82, 2.24) is 0 Å². The lowest BCUT2D eigenvalue weighted by Gasteiger charge is -2.23. The van der Waals surface area contributed by atoms with Crippen molar-refractivity contribution in [3.8, 4) is 5.75 Å². The molecule has 0 unspecified atom stereocenters. The van der Waals surface area contributed by atoms with Crippen molar-refractivity contribution in [1.29, 1.82) is 0 Å². The molecule has 6 nitrogen and oxygen atoms in total. The van der Waals surface area contributed by atoms with Gasteiger partial charge in [0, 0.05) is 10.7 Å². The Morgan fingerprint density at radius 1 is 1.17 bits per heavy atom. The molecule has 1 amide bonds. The summed E-state index contributed by atoms with van der Waals surface area (Å²) in [5, 5.41) is 3.24. The highest BCUT2D eigenvalue weighted by Crippen LogP contribution is 2.27. The number of aryl methyl sites for hydroxylation is 1. The number of ether oxygens (including phenoxy) is 1. The SMILES string of the molecule is Cc1cc(Cl)ccc1N(CC(=O)Nc1ccc(OC2CCCC2)cc1)S(C)(=O)=O. The van der Waals surface area contributed by atoms with Gasteiger partial charge in [-0.3, -0.25) is 9.10 Å². The summed E-state index contributed by atoms with van der Waals surface area (Å²) in [5.41, 5.74) is 1.67. The van der Waals surface area contributed by atoms with E-state index in [9.17, 15) is 13.2 Å². The zero-order chi connectivity index (χ0) is 21.0. The van der Waals surface area contributed by atoms with Crippen LogP contribution in [0.1, 0.15) is 31.2 Å². The van der Waals surface area contributed by atoms with Crippen LogP contribution >= 0.6 is 11.6 Å².